The second-order valence-corrected chi connectivity index (χ2v) is 10.3. The third kappa shape index (κ3) is 3.98. The molecule has 2 fully saturated rings. The predicted molar refractivity (Wildman–Crippen MR) is 135 cm³/mol. The minimum absolute atomic E-state index is 0.00716. The van der Waals surface area contributed by atoms with Crippen molar-refractivity contribution in [2.45, 2.75) is 64.1 Å². The van der Waals surface area contributed by atoms with Gasteiger partial charge in [-0.25, -0.2) is 19.6 Å². The van der Waals surface area contributed by atoms with Gasteiger partial charge in [-0.3, -0.25) is 14.2 Å². The molecule has 2 aliphatic rings. The van der Waals surface area contributed by atoms with Crippen molar-refractivity contribution < 1.29 is 4.79 Å². The largest absolute Gasteiger partial charge is 0.340 e. The zero-order chi connectivity index (χ0) is 24.9. The minimum atomic E-state index is -0.439. The summed E-state index contributed by atoms with van der Waals surface area (Å²) in [4.78, 5) is 39.2. The molecule has 9 nitrogen and oxygen atoms in total. The first-order valence-corrected chi connectivity index (χ1v) is 12.6. The van der Waals surface area contributed by atoms with Crippen LogP contribution in [0.3, 0.4) is 0 Å². The van der Waals surface area contributed by atoms with Crippen molar-refractivity contribution in [2.24, 2.45) is 5.92 Å². The molecule has 1 aromatic carbocycles. The molecule has 0 radical (unpaired) electrons. The summed E-state index contributed by atoms with van der Waals surface area (Å²) in [6, 6.07) is 7.99. The first-order valence-electron chi connectivity index (χ1n) is 12.6. The highest BCUT2D eigenvalue weighted by atomic mass is 16.2. The number of nitrogens with one attached hydrogen (secondary N) is 1. The van der Waals surface area contributed by atoms with Gasteiger partial charge in [0.05, 0.1) is 29.0 Å². The summed E-state index contributed by atoms with van der Waals surface area (Å²) < 4.78 is 3.52. The van der Waals surface area contributed by atoms with Crippen LogP contribution in [0.4, 0.5) is 0 Å². The fourth-order valence-electron chi connectivity index (χ4n) is 4.91. The van der Waals surface area contributed by atoms with Gasteiger partial charge < -0.3 is 5.32 Å². The molecule has 1 N–H and O–H groups in total. The molecule has 9 heteroatoms. The molecule has 2 saturated carbocycles. The Morgan fingerprint density at radius 2 is 1.92 bits per heavy atom. The van der Waals surface area contributed by atoms with Gasteiger partial charge in [0.25, 0.3) is 11.5 Å². The number of aromatic nitrogens is 6. The van der Waals surface area contributed by atoms with Crippen LogP contribution in [-0.4, -0.2) is 35.2 Å². The number of carbonyl (C=O) groups excluding carboxylic acids is 1. The highest BCUT2D eigenvalue weighted by Crippen LogP contribution is 2.46. The molecule has 3 aromatic heterocycles. The van der Waals surface area contributed by atoms with E-state index in [0.717, 1.165) is 35.9 Å². The normalized spacial score (nSPS) is 16.8. The van der Waals surface area contributed by atoms with Gasteiger partial charge in [-0.05, 0) is 56.6 Å². The molecule has 0 saturated heterocycles. The van der Waals surface area contributed by atoms with Crippen LogP contribution in [0.15, 0.2) is 54.0 Å². The lowest BCUT2D eigenvalue weighted by Crippen LogP contribution is -2.36. The van der Waals surface area contributed by atoms with Gasteiger partial charge in [0, 0.05) is 25.0 Å². The van der Waals surface area contributed by atoms with Gasteiger partial charge in [0.15, 0.2) is 5.65 Å². The fourth-order valence-corrected chi connectivity index (χ4v) is 4.91. The zero-order valence-electron chi connectivity index (χ0n) is 20.5. The number of hydrogen-bond donors (Lipinski definition) is 1. The van der Waals surface area contributed by atoms with E-state index in [2.05, 4.69) is 25.4 Å². The van der Waals surface area contributed by atoms with E-state index in [0.29, 0.717) is 17.1 Å². The van der Waals surface area contributed by atoms with Crippen LogP contribution in [0.25, 0.3) is 22.2 Å². The molecule has 4 aromatic rings. The Balaban J connectivity index is 1.21. The van der Waals surface area contributed by atoms with Crippen LogP contribution in [-0.2, 0) is 12.1 Å². The van der Waals surface area contributed by atoms with Crippen molar-refractivity contribution >= 4 is 16.9 Å². The Bertz CT molecular complexity index is 1490. The fraction of sp³-hybridized carbons (Fsp3) is 0.407. The molecule has 0 unspecified atom stereocenters. The average Bonchev–Trinajstić information content (AvgIpc) is 3.50. The molecule has 184 valence electrons. The topological polar surface area (TPSA) is 108 Å². The maximum absolute atomic E-state index is 13.1. The van der Waals surface area contributed by atoms with Crippen LogP contribution in [0.2, 0.25) is 0 Å². The van der Waals surface area contributed by atoms with Gasteiger partial charge in [-0.1, -0.05) is 30.7 Å². The van der Waals surface area contributed by atoms with Crippen molar-refractivity contribution in [2.75, 3.05) is 0 Å². The van der Waals surface area contributed by atoms with E-state index < -0.39 is 5.54 Å². The number of carbonyl (C=O) groups is 1. The summed E-state index contributed by atoms with van der Waals surface area (Å²) in [5.41, 5.74) is 2.64. The van der Waals surface area contributed by atoms with Crippen molar-refractivity contribution in [1.82, 2.24) is 34.6 Å². The molecule has 0 atom stereocenters. The highest BCUT2D eigenvalue weighted by molar-refractivity contribution is 5.93. The van der Waals surface area contributed by atoms with E-state index in [1.165, 1.54) is 19.3 Å². The van der Waals surface area contributed by atoms with Crippen LogP contribution < -0.4 is 10.9 Å². The lowest BCUT2D eigenvalue weighted by Gasteiger charge is -2.25. The van der Waals surface area contributed by atoms with E-state index in [1.54, 1.807) is 34.2 Å². The highest BCUT2D eigenvalue weighted by Gasteiger charge is 2.46. The van der Waals surface area contributed by atoms with Crippen LogP contribution in [0.1, 0.15) is 68.2 Å². The number of rotatable bonds is 7. The summed E-state index contributed by atoms with van der Waals surface area (Å²) in [6.45, 7) is 4.78. The van der Waals surface area contributed by atoms with Crippen LogP contribution in [0, 0.1) is 5.92 Å². The van der Waals surface area contributed by atoms with Gasteiger partial charge in [0.2, 0.25) is 5.82 Å². The molecule has 0 spiro atoms. The van der Waals surface area contributed by atoms with E-state index >= 15 is 0 Å². The number of amides is 1. The quantitative estimate of drug-likeness (QED) is 0.428. The molecule has 2 aliphatic carbocycles. The van der Waals surface area contributed by atoms with Crippen LogP contribution >= 0.6 is 0 Å². The van der Waals surface area contributed by atoms with Gasteiger partial charge >= 0.3 is 0 Å². The predicted octanol–water partition coefficient (Wildman–Crippen LogP) is 3.85. The van der Waals surface area contributed by atoms with Crippen molar-refractivity contribution in [3.63, 3.8) is 0 Å². The molecular formula is C27H29N7O2. The number of hydrogen-bond acceptors (Lipinski definition) is 6. The SMILES string of the molecule is CC(C)n1ncc2cnc(C(=O)NC3(c4ccc(-c5cncn(CC6CCC6)c5=O)cc4)CC3)nc21. The second kappa shape index (κ2) is 8.65. The molecule has 0 bridgehead atoms. The van der Waals surface area contributed by atoms with E-state index in [4.69, 9.17) is 0 Å². The van der Waals surface area contributed by atoms with E-state index in [1.807, 2.05) is 38.1 Å². The Kier molecular flexibility index (Phi) is 5.43. The Morgan fingerprint density at radius 1 is 1.14 bits per heavy atom. The molecule has 6 rings (SSSR count). The number of nitrogens with zero attached hydrogens (tertiary/aromatic N) is 6. The molecular weight excluding hydrogens is 454 g/mol. The van der Waals surface area contributed by atoms with E-state index in [9.17, 15) is 9.59 Å². The smallest absolute Gasteiger partial charge is 0.289 e. The average molecular weight is 484 g/mol. The third-order valence-corrected chi connectivity index (χ3v) is 7.46. The number of fused-ring (bicyclic) bond motifs is 1. The van der Waals surface area contributed by atoms with Crippen molar-refractivity contribution in [1.29, 1.82) is 0 Å². The Hall–Kier alpha value is -3.88. The first kappa shape index (κ1) is 22.6. The third-order valence-electron chi connectivity index (χ3n) is 7.46. The van der Waals surface area contributed by atoms with Crippen LogP contribution in [0.5, 0.6) is 0 Å². The first-order chi connectivity index (χ1) is 17.4. The lowest BCUT2D eigenvalue weighted by molar-refractivity contribution is 0.0920. The number of benzene rings is 1. The summed E-state index contributed by atoms with van der Waals surface area (Å²) in [6.07, 6.45) is 11.9. The lowest BCUT2D eigenvalue weighted by atomic mass is 9.85. The van der Waals surface area contributed by atoms with Gasteiger partial charge in [-0.2, -0.15) is 5.10 Å². The summed E-state index contributed by atoms with van der Waals surface area (Å²) in [5, 5.41) is 8.30. The minimum Gasteiger partial charge on any atom is -0.340 e. The van der Waals surface area contributed by atoms with Crippen molar-refractivity contribution in [3.05, 3.63) is 70.9 Å². The Morgan fingerprint density at radius 3 is 2.58 bits per heavy atom. The molecule has 0 aliphatic heterocycles. The standard InChI is InChI=1S/C27H29N7O2/c1-17(2)34-24-20(13-30-34)12-29-23(31-24)25(35)32-27(10-11-27)21-8-6-19(7-9-21)22-14-28-16-33(26(22)36)15-18-4-3-5-18/h6-9,12-14,16-18H,3-5,10-11,15H2,1-2H3,(H,32,35). The summed E-state index contributed by atoms with van der Waals surface area (Å²) in [7, 11) is 0. The summed E-state index contributed by atoms with van der Waals surface area (Å²) >= 11 is 0. The van der Waals surface area contributed by atoms with Gasteiger partial charge in [0.1, 0.15) is 0 Å². The van der Waals surface area contributed by atoms with E-state index in [-0.39, 0.29) is 23.3 Å². The maximum atomic E-state index is 13.1. The zero-order valence-corrected chi connectivity index (χ0v) is 20.5. The monoisotopic (exact) mass is 483 g/mol. The molecule has 1 amide bonds. The molecule has 36 heavy (non-hydrogen) atoms. The maximum Gasteiger partial charge on any atom is 0.289 e. The van der Waals surface area contributed by atoms with Crippen molar-refractivity contribution in [3.8, 4) is 11.1 Å². The Labute approximate surface area is 208 Å². The molecule has 3 heterocycles. The second-order valence-electron chi connectivity index (χ2n) is 10.3. The summed E-state index contributed by atoms with van der Waals surface area (Å²) in [5.74, 6) is 0.410. The van der Waals surface area contributed by atoms with Gasteiger partial charge in [-0.15, -0.1) is 0 Å².